The molecule has 0 radical (unpaired) electrons. The highest BCUT2D eigenvalue weighted by atomic mass is 16.5. The molecule has 92 valence electrons. The molecule has 1 amide bonds. The molecule has 0 aromatic carbocycles. The number of nitrogens with two attached hydrogens (primary N) is 1. The first-order valence-electron chi connectivity index (χ1n) is 6.24. The second-order valence-corrected chi connectivity index (χ2v) is 5.19. The maximum atomic E-state index is 12.1. The van der Waals surface area contributed by atoms with E-state index in [9.17, 15) is 4.79 Å². The Bertz CT molecular complexity index is 235. The molecule has 1 unspecified atom stereocenters. The van der Waals surface area contributed by atoms with E-state index in [0.29, 0.717) is 6.61 Å². The van der Waals surface area contributed by atoms with Crippen molar-refractivity contribution in [3.63, 3.8) is 0 Å². The van der Waals surface area contributed by atoms with Gasteiger partial charge in [0.15, 0.2) is 0 Å². The van der Waals surface area contributed by atoms with E-state index in [-0.39, 0.29) is 5.91 Å². The summed E-state index contributed by atoms with van der Waals surface area (Å²) >= 11 is 0. The molecule has 2 saturated carbocycles. The monoisotopic (exact) mass is 226 g/mol. The normalized spacial score (nSPS) is 21.9. The smallest absolute Gasteiger partial charge is 0.241 e. The van der Waals surface area contributed by atoms with Crippen LogP contribution in [0.5, 0.6) is 0 Å². The first-order valence-corrected chi connectivity index (χ1v) is 6.24. The minimum Gasteiger partial charge on any atom is -0.383 e. The summed E-state index contributed by atoms with van der Waals surface area (Å²) in [5, 5.41) is 0. The third-order valence-electron chi connectivity index (χ3n) is 3.33. The molecule has 2 rings (SSSR count). The average molecular weight is 226 g/mol. The second kappa shape index (κ2) is 5.15. The van der Waals surface area contributed by atoms with Gasteiger partial charge in [-0.25, -0.2) is 0 Å². The van der Waals surface area contributed by atoms with Crippen molar-refractivity contribution in [2.24, 2.45) is 17.6 Å². The van der Waals surface area contributed by atoms with Crippen molar-refractivity contribution in [2.75, 3.05) is 26.8 Å². The summed E-state index contributed by atoms with van der Waals surface area (Å²) in [6.07, 6.45) is 5.09. The number of rotatable bonds is 7. The molecule has 2 aliphatic rings. The van der Waals surface area contributed by atoms with Gasteiger partial charge in [0.1, 0.15) is 6.04 Å². The fourth-order valence-electron chi connectivity index (χ4n) is 1.96. The largest absolute Gasteiger partial charge is 0.383 e. The fraction of sp³-hybridized carbons (Fsp3) is 0.917. The van der Waals surface area contributed by atoms with Crippen molar-refractivity contribution in [1.82, 2.24) is 4.90 Å². The van der Waals surface area contributed by atoms with Gasteiger partial charge in [-0.2, -0.15) is 0 Å². The van der Waals surface area contributed by atoms with Crippen LogP contribution in [0.15, 0.2) is 0 Å². The van der Waals surface area contributed by atoms with Gasteiger partial charge in [0.25, 0.3) is 0 Å². The maximum Gasteiger partial charge on any atom is 0.241 e. The summed E-state index contributed by atoms with van der Waals surface area (Å²) in [5.74, 6) is 1.54. The zero-order chi connectivity index (χ0) is 11.5. The Hall–Kier alpha value is -0.610. The number of carbonyl (C=O) groups excluding carboxylic acids is 1. The summed E-state index contributed by atoms with van der Waals surface area (Å²) < 4.78 is 4.94. The van der Waals surface area contributed by atoms with Crippen molar-refractivity contribution >= 4 is 5.91 Å². The van der Waals surface area contributed by atoms with Crippen LogP contribution in [0.1, 0.15) is 25.7 Å². The standard InChI is InChI=1S/C12H22N2O2/c1-16-8-11(13)12(15)14(6-9-2-3-9)7-10-4-5-10/h9-11H,2-8,13H2,1H3. The summed E-state index contributed by atoms with van der Waals surface area (Å²) in [4.78, 5) is 14.1. The van der Waals surface area contributed by atoms with E-state index in [2.05, 4.69) is 0 Å². The zero-order valence-electron chi connectivity index (χ0n) is 10.0. The van der Waals surface area contributed by atoms with Crippen molar-refractivity contribution in [3.05, 3.63) is 0 Å². The molecule has 2 N–H and O–H groups in total. The molecular formula is C12H22N2O2. The van der Waals surface area contributed by atoms with Gasteiger partial charge in [0.2, 0.25) is 5.91 Å². The number of hydrogen-bond acceptors (Lipinski definition) is 3. The van der Waals surface area contributed by atoms with Gasteiger partial charge in [-0.05, 0) is 37.5 Å². The van der Waals surface area contributed by atoms with Gasteiger partial charge in [0.05, 0.1) is 6.61 Å². The quantitative estimate of drug-likeness (QED) is 0.692. The third kappa shape index (κ3) is 3.46. The SMILES string of the molecule is COCC(N)C(=O)N(CC1CC1)CC1CC1. The van der Waals surface area contributed by atoms with E-state index in [1.807, 2.05) is 4.90 Å². The lowest BCUT2D eigenvalue weighted by Gasteiger charge is -2.25. The van der Waals surface area contributed by atoms with Gasteiger partial charge in [-0.3, -0.25) is 4.79 Å². The van der Waals surface area contributed by atoms with Crippen LogP contribution in [0, 0.1) is 11.8 Å². The van der Waals surface area contributed by atoms with Crippen LogP contribution in [-0.2, 0) is 9.53 Å². The minimum absolute atomic E-state index is 0.0700. The Morgan fingerprint density at radius 2 is 1.81 bits per heavy atom. The molecule has 0 aromatic heterocycles. The molecule has 0 saturated heterocycles. The molecule has 2 aliphatic carbocycles. The number of nitrogens with zero attached hydrogens (tertiary/aromatic N) is 1. The Morgan fingerprint density at radius 3 is 2.19 bits per heavy atom. The number of hydrogen-bond donors (Lipinski definition) is 1. The van der Waals surface area contributed by atoms with Crippen LogP contribution in [0.4, 0.5) is 0 Å². The highest BCUT2D eigenvalue weighted by Gasteiger charge is 2.33. The first-order chi connectivity index (χ1) is 7.70. The molecule has 1 atom stereocenters. The van der Waals surface area contributed by atoms with Gasteiger partial charge in [-0.1, -0.05) is 0 Å². The third-order valence-corrected chi connectivity index (χ3v) is 3.33. The van der Waals surface area contributed by atoms with Crippen LogP contribution < -0.4 is 5.73 Å². The van der Waals surface area contributed by atoms with Crippen LogP contribution >= 0.6 is 0 Å². The Kier molecular flexibility index (Phi) is 3.82. The fourth-order valence-corrected chi connectivity index (χ4v) is 1.96. The Balaban J connectivity index is 1.84. The molecular weight excluding hydrogens is 204 g/mol. The van der Waals surface area contributed by atoms with Crippen LogP contribution in [0.25, 0.3) is 0 Å². The molecule has 0 spiro atoms. The number of methoxy groups -OCH3 is 1. The lowest BCUT2D eigenvalue weighted by molar-refractivity contribution is -0.134. The average Bonchev–Trinajstić information content (AvgIpc) is 3.10. The van der Waals surface area contributed by atoms with Crippen LogP contribution in [0.2, 0.25) is 0 Å². The molecule has 0 aliphatic heterocycles. The van der Waals surface area contributed by atoms with Gasteiger partial charge in [-0.15, -0.1) is 0 Å². The van der Waals surface area contributed by atoms with E-state index < -0.39 is 6.04 Å². The van der Waals surface area contributed by atoms with Crippen molar-refractivity contribution in [3.8, 4) is 0 Å². The van der Waals surface area contributed by atoms with Gasteiger partial charge < -0.3 is 15.4 Å². The van der Waals surface area contributed by atoms with E-state index in [1.165, 1.54) is 25.7 Å². The first kappa shape index (κ1) is 11.9. The molecule has 4 nitrogen and oxygen atoms in total. The topological polar surface area (TPSA) is 55.6 Å². The lowest BCUT2D eigenvalue weighted by atomic mass is 10.2. The van der Waals surface area contributed by atoms with Crippen LogP contribution in [0.3, 0.4) is 0 Å². The van der Waals surface area contributed by atoms with Crippen molar-refractivity contribution in [2.45, 2.75) is 31.7 Å². The molecule has 0 aromatic rings. The van der Waals surface area contributed by atoms with Crippen molar-refractivity contribution in [1.29, 1.82) is 0 Å². The van der Waals surface area contributed by atoms with Crippen molar-refractivity contribution < 1.29 is 9.53 Å². The number of amides is 1. The predicted molar refractivity (Wildman–Crippen MR) is 61.9 cm³/mol. The second-order valence-electron chi connectivity index (χ2n) is 5.19. The molecule has 16 heavy (non-hydrogen) atoms. The Labute approximate surface area is 97.1 Å². The maximum absolute atomic E-state index is 12.1. The highest BCUT2D eigenvalue weighted by molar-refractivity contribution is 5.81. The Morgan fingerprint density at radius 1 is 1.31 bits per heavy atom. The summed E-state index contributed by atoms with van der Waals surface area (Å²) in [6, 6.07) is -0.484. The number of ether oxygens (including phenoxy) is 1. The van der Waals surface area contributed by atoms with Gasteiger partial charge in [0, 0.05) is 20.2 Å². The predicted octanol–water partition coefficient (Wildman–Crippen LogP) is 0.609. The molecule has 4 heteroatoms. The van der Waals surface area contributed by atoms with E-state index in [0.717, 1.165) is 24.9 Å². The van der Waals surface area contributed by atoms with E-state index in [1.54, 1.807) is 7.11 Å². The van der Waals surface area contributed by atoms with Gasteiger partial charge >= 0.3 is 0 Å². The molecule has 2 fully saturated rings. The van der Waals surface area contributed by atoms with Crippen LogP contribution in [-0.4, -0.2) is 43.7 Å². The number of carbonyl (C=O) groups is 1. The summed E-state index contributed by atoms with van der Waals surface area (Å²) in [5.41, 5.74) is 5.80. The zero-order valence-corrected chi connectivity index (χ0v) is 10.0. The molecule has 0 heterocycles. The van der Waals surface area contributed by atoms with E-state index in [4.69, 9.17) is 10.5 Å². The molecule has 0 bridgehead atoms. The summed E-state index contributed by atoms with van der Waals surface area (Å²) in [7, 11) is 1.58. The summed E-state index contributed by atoms with van der Waals surface area (Å²) in [6.45, 7) is 2.14. The lowest BCUT2D eigenvalue weighted by Crippen LogP contribution is -2.47. The highest BCUT2D eigenvalue weighted by Crippen LogP contribution is 2.33. The minimum atomic E-state index is -0.484. The van der Waals surface area contributed by atoms with E-state index >= 15 is 0 Å².